The molecule has 4 rings (SSSR count). The molecule has 2 aromatic rings. The Morgan fingerprint density at radius 1 is 1.05 bits per heavy atom. The second-order valence-electron chi connectivity index (χ2n) is 10.1. The zero-order valence-corrected chi connectivity index (χ0v) is 24.7. The van der Waals surface area contributed by atoms with Crippen LogP contribution in [0.4, 0.5) is 38.1 Å². The lowest BCUT2D eigenvalue weighted by atomic mass is 9.99. The molecule has 0 bridgehead atoms. The summed E-state index contributed by atoms with van der Waals surface area (Å²) in [4.78, 5) is 14.5. The van der Waals surface area contributed by atoms with Gasteiger partial charge in [0.1, 0.15) is 24.1 Å². The summed E-state index contributed by atoms with van der Waals surface area (Å²) in [6.07, 6.45) is -13.4. The number of carbonyl (C=O) groups excluding carboxylic acids is 1. The van der Waals surface area contributed by atoms with Gasteiger partial charge in [0.2, 0.25) is 6.29 Å². The first kappa shape index (κ1) is 33.4. The minimum absolute atomic E-state index is 0.219. The molecule has 2 heterocycles. The lowest BCUT2D eigenvalue weighted by Gasteiger charge is -2.43. The number of halogens is 5. The average Bonchev–Trinajstić information content (AvgIpc) is 3.47. The third-order valence-electron chi connectivity index (χ3n) is 7.27. The normalized spacial score (nSPS) is 25.6. The summed E-state index contributed by atoms with van der Waals surface area (Å²) in [6, 6.07) is 11.8. The number of hydrazone groups is 1. The van der Waals surface area contributed by atoms with Gasteiger partial charge in [-0.2, -0.15) is 27.1 Å². The second-order valence-corrected chi connectivity index (χ2v) is 10.1. The van der Waals surface area contributed by atoms with Crippen molar-refractivity contribution in [1.29, 1.82) is 0 Å². The molecule has 10 nitrogen and oxygen atoms in total. The summed E-state index contributed by atoms with van der Waals surface area (Å²) in [5, 5.41) is 5.90. The monoisotopic (exact) mass is 631 g/mol. The molecule has 0 N–H and O–H groups in total. The van der Waals surface area contributed by atoms with Crippen molar-refractivity contribution in [3.8, 4) is 5.75 Å². The van der Waals surface area contributed by atoms with Crippen molar-refractivity contribution in [2.75, 3.05) is 44.3 Å². The molecule has 0 saturated carbocycles. The molecule has 1 saturated heterocycles. The maximum Gasteiger partial charge on any atom is 0.499 e. The highest BCUT2D eigenvalue weighted by atomic mass is 19.4. The van der Waals surface area contributed by atoms with Gasteiger partial charge in [0, 0.05) is 45.7 Å². The number of nitrogens with zero attached hydrogens (tertiary/aromatic N) is 3. The third kappa shape index (κ3) is 7.22. The van der Waals surface area contributed by atoms with Crippen molar-refractivity contribution >= 4 is 23.7 Å². The van der Waals surface area contributed by atoms with Gasteiger partial charge in [0.05, 0.1) is 18.3 Å². The van der Waals surface area contributed by atoms with Gasteiger partial charge in [-0.25, -0.2) is 4.79 Å². The Labute approximate surface area is 251 Å². The van der Waals surface area contributed by atoms with Crippen LogP contribution in [0.2, 0.25) is 0 Å². The number of anilines is 2. The van der Waals surface area contributed by atoms with Crippen molar-refractivity contribution in [2.24, 2.45) is 5.10 Å². The molecule has 242 valence electrons. The van der Waals surface area contributed by atoms with Crippen molar-refractivity contribution in [1.82, 2.24) is 0 Å². The number of amides is 1. The maximum atomic E-state index is 13.2. The van der Waals surface area contributed by atoms with Crippen LogP contribution in [-0.4, -0.2) is 89.7 Å². The van der Waals surface area contributed by atoms with Crippen LogP contribution in [0.5, 0.6) is 5.75 Å². The van der Waals surface area contributed by atoms with Gasteiger partial charge < -0.3 is 28.4 Å². The molecule has 0 aliphatic carbocycles. The largest absolute Gasteiger partial charge is 0.499 e. The van der Waals surface area contributed by atoms with E-state index in [0.29, 0.717) is 24.5 Å². The van der Waals surface area contributed by atoms with Gasteiger partial charge >= 0.3 is 18.4 Å². The summed E-state index contributed by atoms with van der Waals surface area (Å²) in [6.45, 7) is 4.37. The number of carbonyl (C=O) groups is 1. The molecule has 44 heavy (non-hydrogen) atoms. The van der Waals surface area contributed by atoms with E-state index in [2.05, 4.69) is 9.84 Å². The van der Waals surface area contributed by atoms with Crippen LogP contribution in [0.25, 0.3) is 0 Å². The fourth-order valence-corrected chi connectivity index (χ4v) is 4.97. The van der Waals surface area contributed by atoms with Gasteiger partial charge in [-0.05, 0) is 55.8 Å². The summed E-state index contributed by atoms with van der Waals surface area (Å²) >= 11 is 0. The van der Waals surface area contributed by atoms with E-state index >= 15 is 0 Å². The van der Waals surface area contributed by atoms with Crippen LogP contribution in [0.15, 0.2) is 53.6 Å². The number of ether oxygens (including phenoxy) is 6. The number of alkyl halides is 5. The van der Waals surface area contributed by atoms with Crippen LogP contribution in [0.3, 0.4) is 0 Å². The topological polar surface area (TPSA) is 91.3 Å². The van der Waals surface area contributed by atoms with Crippen molar-refractivity contribution in [3.05, 3.63) is 54.1 Å². The fraction of sp³-hybridized carbons (Fsp3) is 0.517. The first-order chi connectivity index (χ1) is 20.8. The Kier molecular flexibility index (Phi) is 10.3. The van der Waals surface area contributed by atoms with E-state index in [0.717, 1.165) is 17.7 Å². The molecule has 1 unspecified atom stereocenters. The average molecular weight is 632 g/mol. The number of methoxy groups -OCH3 is 2. The van der Waals surface area contributed by atoms with E-state index in [4.69, 9.17) is 23.7 Å². The van der Waals surface area contributed by atoms with Gasteiger partial charge in [-0.3, -0.25) is 9.91 Å². The van der Waals surface area contributed by atoms with Gasteiger partial charge in [0.15, 0.2) is 0 Å². The Bertz CT molecular complexity index is 1300. The maximum absolute atomic E-state index is 13.2. The summed E-state index contributed by atoms with van der Waals surface area (Å²) in [5.41, 5.74) is 1.80. The highest BCUT2D eigenvalue weighted by Crippen LogP contribution is 2.38. The zero-order valence-electron chi connectivity index (χ0n) is 24.7. The Morgan fingerprint density at radius 3 is 2.34 bits per heavy atom. The van der Waals surface area contributed by atoms with E-state index in [1.807, 2.05) is 13.0 Å². The van der Waals surface area contributed by atoms with E-state index in [1.54, 1.807) is 50.5 Å². The minimum Gasteiger partial charge on any atom is -0.426 e. The molecule has 15 heteroatoms. The minimum atomic E-state index is -5.84. The van der Waals surface area contributed by atoms with Crippen LogP contribution in [0.1, 0.15) is 25.3 Å². The Hall–Kier alpha value is -3.53. The van der Waals surface area contributed by atoms with Gasteiger partial charge in [0.25, 0.3) is 0 Å². The van der Waals surface area contributed by atoms with Crippen molar-refractivity contribution in [3.63, 3.8) is 0 Å². The van der Waals surface area contributed by atoms with Gasteiger partial charge in [-0.15, -0.1) is 0 Å². The second kappa shape index (κ2) is 13.6. The zero-order chi connectivity index (χ0) is 32.2. The van der Waals surface area contributed by atoms with E-state index in [9.17, 15) is 26.7 Å². The van der Waals surface area contributed by atoms with Gasteiger partial charge in [-0.1, -0.05) is 12.1 Å². The van der Waals surface area contributed by atoms with E-state index < -0.39 is 54.8 Å². The molecule has 2 aliphatic rings. The molecular weight excluding hydrogens is 597 g/mol. The summed E-state index contributed by atoms with van der Waals surface area (Å²) in [7, 11) is 4.56. The molecule has 2 aromatic carbocycles. The lowest BCUT2D eigenvalue weighted by Crippen LogP contribution is -2.60. The molecule has 1 fully saturated rings. The molecule has 0 spiro atoms. The molecule has 0 radical (unpaired) electrons. The molecule has 0 aromatic heterocycles. The first-order valence-corrected chi connectivity index (χ1v) is 13.7. The predicted octanol–water partition coefficient (Wildman–Crippen LogP) is 5.56. The third-order valence-corrected chi connectivity index (χ3v) is 7.27. The number of hydrogen-bond acceptors (Lipinski definition) is 9. The Morgan fingerprint density at radius 2 is 1.73 bits per heavy atom. The number of benzene rings is 2. The highest BCUT2D eigenvalue weighted by Gasteiger charge is 2.61. The van der Waals surface area contributed by atoms with Crippen molar-refractivity contribution < 1.29 is 55.2 Å². The van der Waals surface area contributed by atoms with Crippen LogP contribution < -0.4 is 14.6 Å². The summed E-state index contributed by atoms with van der Waals surface area (Å²) < 4.78 is 96.1. The molecular formula is C29H34F5N3O7. The smallest absolute Gasteiger partial charge is 0.426 e. The highest BCUT2D eigenvalue weighted by molar-refractivity contribution is 5.87. The molecule has 6 atom stereocenters. The Balaban J connectivity index is 1.40. The van der Waals surface area contributed by atoms with E-state index in [1.165, 1.54) is 24.1 Å². The quantitative estimate of drug-likeness (QED) is 0.315. The molecule has 1 amide bonds. The van der Waals surface area contributed by atoms with Crippen LogP contribution >= 0.6 is 0 Å². The predicted molar refractivity (Wildman–Crippen MR) is 149 cm³/mol. The number of rotatable bonds is 10. The summed E-state index contributed by atoms with van der Waals surface area (Å²) in [5.74, 6) is -0.863. The lowest BCUT2D eigenvalue weighted by molar-refractivity contribution is -0.360. The molecule has 2 aliphatic heterocycles. The van der Waals surface area contributed by atoms with E-state index in [-0.39, 0.29) is 5.92 Å². The van der Waals surface area contributed by atoms with Crippen LogP contribution in [0, 0.1) is 0 Å². The number of hydrogen-bond donors (Lipinski definition) is 0. The SMILES string of the molecule is CCO[C@@H]1[C@@H](OC)[C@H](C)O[C@@H](OC(=O)N(C)c2cccc(C3C=NN(c4ccc(OC(F)(F)C(F)(F)F)cc4)C3)c2)[C@@H]1OC. The first-order valence-electron chi connectivity index (χ1n) is 13.7. The van der Waals surface area contributed by atoms with Crippen molar-refractivity contribution in [2.45, 2.75) is 62.8 Å². The standard InChI is InChI=1S/C29H34F5N3O7/c1-6-41-24-23(39-4)17(2)42-26(25(24)40-5)43-27(38)36(3)21-9-7-8-18(14-21)19-15-35-37(16-19)20-10-12-22(13-11-20)44-29(33,34)28(30,31)32/h7-15,17,19,23-26H,6,16H2,1-5H3/t17-,19?,23-,24+,25+,26-/m0/s1. The fourth-order valence-electron chi connectivity index (χ4n) is 4.97. The van der Waals surface area contributed by atoms with Crippen LogP contribution in [-0.2, 0) is 23.7 Å².